The molecule has 2 rings (SSSR count). The van der Waals surface area contributed by atoms with Crippen LogP contribution in [0.1, 0.15) is 11.1 Å². The molecule has 0 amide bonds. The van der Waals surface area contributed by atoms with Crippen molar-refractivity contribution in [2.75, 3.05) is 7.11 Å². The first kappa shape index (κ1) is 14.9. The average molecular weight is 300 g/mol. The van der Waals surface area contributed by atoms with Gasteiger partial charge in [0.15, 0.2) is 0 Å². The van der Waals surface area contributed by atoms with Gasteiger partial charge in [-0.15, -0.1) is 11.8 Å². The summed E-state index contributed by atoms with van der Waals surface area (Å²) in [5.74, 6) is 1.25. The lowest BCUT2D eigenvalue weighted by Crippen LogP contribution is -1.90. The molecule has 6 heteroatoms. The van der Waals surface area contributed by atoms with E-state index in [1.807, 2.05) is 12.1 Å². The molecule has 0 N–H and O–H groups in total. The summed E-state index contributed by atoms with van der Waals surface area (Å²) in [7, 11) is 1.53. The fourth-order valence-electron chi connectivity index (χ4n) is 1.75. The fourth-order valence-corrected chi connectivity index (χ4v) is 2.59. The molecule has 106 valence electrons. The van der Waals surface area contributed by atoms with Gasteiger partial charge in [-0.3, -0.25) is 10.1 Å². The zero-order chi connectivity index (χ0) is 15.2. The number of rotatable bonds is 5. The van der Waals surface area contributed by atoms with Crippen LogP contribution in [0.25, 0.3) is 0 Å². The Kier molecular flexibility index (Phi) is 4.80. The summed E-state index contributed by atoms with van der Waals surface area (Å²) in [6, 6.07) is 13.9. The van der Waals surface area contributed by atoms with Crippen molar-refractivity contribution in [3.63, 3.8) is 0 Å². The van der Waals surface area contributed by atoms with Crippen LogP contribution in [-0.2, 0) is 5.75 Å². The highest BCUT2D eigenvalue weighted by molar-refractivity contribution is 7.98. The van der Waals surface area contributed by atoms with Crippen molar-refractivity contribution in [2.45, 2.75) is 10.6 Å². The van der Waals surface area contributed by atoms with Crippen LogP contribution in [0.4, 0.5) is 5.69 Å². The Balaban J connectivity index is 2.06. The van der Waals surface area contributed by atoms with E-state index >= 15 is 0 Å². The number of nitriles is 1. The van der Waals surface area contributed by atoms with Crippen molar-refractivity contribution in [2.24, 2.45) is 0 Å². The second kappa shape index (κ2) is 6.77. The van der Waals surface area contributed by atoms with E-state index in [2.05, 4.69) is 6.07 Å². The maximum absolute atomic E-state index is 10.6. The van der Waals surface area contributed by atoms with Crippen molar-refractivity contribution >= 4 is 17.4 Å². The van der Waals surface area contributed by atoms with E-state index in [-0.39, 0.29) is 5.69 Å². The number of nitrogens with zero attached hydrogens (tertiary/aromatic N) is 2. The molecule has 0 aliphatic rings. The first-order valence-electron chi connectivity index (χ1n) is 6.08. The zero-order valence-electron chi connectivity index (χ0n) is 11.3. The quantitative estimate of drug-likeness (QED) is 0.477. The molecule has 0 aliphatic carbocycles. The molecule has 0 bridgehead atoms. The summed E-state index contributed by atoms with van der Waals surface area (Å²) in [6.07, 6.45) is 0. The molecule has 0 saturated carbocycles. The van der Waals surface area contributed by atoms with Crippen LogP contribution in [0.15, 0.2) is 47.4 Å². The average Bonchev–Trinajstić information content (AvgIpc) is 2.52. The highest BCUT2D eigenvalue weighted by Gasteiger charge is 2.06. The number of methoxy groups -OCH3 is 1. The topological polar surface area (TPSA) is 76.2 Å². The molecular weight excluding hydrogens is 288 g/mol. The highest BCUT2D eigenvalue weighted by Crippen LogP contribution is 2.27. The molecule has 5 nitrogen and oxygen atoms in total. The molecule has 0 radical (unpaired) electrons. The molecule has 21 heavy (non-hydrogen) atoms. The minimum absolute atomic E-state index is 0.0828. The number of hydrogen-bond acceptors (Lipinski definition) is 5. The van der Waals surface area contributed by atoms with Gasteiger partial charge in [-0.25, -0.2) is 0 Å². The van der Waals surface area contributed by atoms with E-state index < -0.39 is 4.92 Å². The van der Waals surface area contributed by atoms with Crippen LogP contribution in [0, 0.1) is 21.4 Å². The van der Waals surface area contributed by atoms with Crippen molar-refractivity contribution in [3.8, 4) is 11.8 Å². The molecule has 0 spiro atoms. The number of nitro benzene ring substituents is 1. The Hall–Kier alpha value is -2.52. The van der Waals surface area contributed by atoms with Crippen LogP contribution in [-0.4, -0.2) is 12.0 Å². The van der Waals surface area contributed by atoms with E-state index in [1.165, 1.54) is 19.2 Å². The minimum Gasteiger partial charge on any atom is -0.495 e. The number of thioether (sulfide) groups is 1. The Bertz CT molecular complexity index is 693. The first-order chi connectivity index (χ1) is 10.1. The molecule has 2 aromatic carbocycles. The predicted molar refractivity (Wildman–Crippen MR) is 80.4 cm³/mol. The SMILES string of the molecule is COc1cc(CSc2ccc([N+](=O)[O-])cc2)ccc1C#N. The molecule has 0 unspecified atom stereocenters. The molecule has 0 aliphatic heterocycles. The smallest absolute Gasteiger partial charge is 0.269 e. The monoisotopic (exact) mass is 300 g/mol. The molecule has 0 saturated heterocycles. The van der Waals surface area contributed by atoms with Gasteiger partial charge < -0.3 is 4.74 Å². The second-order valence-electron chi connectivity index (χ2n) is 4.19. The third-order valence-electron chi connectivity index (χ3n) is 2.84. The molecule has 0 aromatic heterocycles. The molecule has 0 heterocycles. The Morgan fingerprint density at radius 1 is 1.29 bits per heavy atom. The van der Waals surface area contributed by atoms with Gasteiger partial charge in [-0.05, 0) is 29.8 Å². The van der Waals surface area contributed by atoms with Gasteiger partial charge in [0.05, 0.1) is 17.6 Å². The number of benzene rings is 2. The summed E-state index contributed by atoms with van der Waals surface area (Å²) < 4.78 is 5.16. The molecule has 0 atom stereocenters. The van der Waals surface area contributed by atoms with Crippen LogP contribution in [0.2, 0.25) is 0 Å². The second-order valence-corrected chi connectivity index (χ2v) is 5.23. The van der Waals surface area contributed by atoms with Crippen molar-refractivity contribution < 1.29 is 9.66 Å². The highest BCUT2D eigenvalue weighted by atomic mass is 32.2. The fraction of sp³-hybridized carbons (Fsp3) is 0.133. The lowest BCUT2D eigenvalue weighted by Gasteiger charge is -2.06. The van der Waals surface area contributed by atoms with Crippen LogP contribution >= 0.6 is 11.8 Å². The largest absolute Gasteiger partial charge is 0.495 e. The maximum Gasteiger partial charge on any atom is 0.269 e. The number of non-ortho nitro benzene ring substituents is 1. The van der Waals surface area contributed by atoms with Gasteiger partial charge in [0, 0.05) is 22.8 Å². The normalized spacial score (nSPS) is 9.90. The Labute approximate surface area is 126 Å². The van der Waals surface area contributed by atoms with Gasteiger partial charge in [-0.1, -0.05) is 6.07 Å². The van der Waals surface area contributed by atoms with E-state index in [1.54, 1.807) is 30.0 Å². The molecule has 2 aromatic rings. The lowest BCUT2D eigenvalue weighted by molar-refractivity contribution is -0.384. The van der Waals surface area contributed by atoms with E-state index in [0.717, 1.165) is 10.5 Å². The van der Waals surface area contributed by atoms with Crippen LogP contribution < -0.4 is 4.74 Å². The lowest BCUT2D eigenvalue weighted by atomic mass is 10.1. The summed E-state index contributed by atoms with van der Waals surface area (Å²) in [6.45, 7) is 0. The molecular formula is C15H12N2O3S. The van der Waals surface area contributed by atoms with Gasteiger partial charge in [0.1, 0.15) is 11.8 Å². The zero-order valence-corrected chi connectivity index (χ0v) is 12.1. The van der Waals surface area contributed by atoms with Crippen molar-refractivity contribution in [3.05, 3.63) is 63.7 Å². The summed E-state index contributed by atoms with van der Waals surface area (Å²) in [4.78, 5) is 11.1. The third-order valence-corrected chi connectivity index (χ3v) is 3.92. The number of hydrogen-bond donors (Lipinski definition) is 0. The van der Waals surface area contributed by atoms with Gasteiger partial charge >= 0.3 is 0 Å². The van der Waals surface area contributed by atoms with Crippen molar-refractivity contribution in [1.29, 1.82) is 5.26 Å². The Morgan fingerprint density at radius 3 is 2.57 bits per heavy atom. The van der Waals surface area contributed by atoms with Crippen LogP contribution in [0.3, 0.4) is 0 Å². The van der Waals surface area contributed by atoms with Gasteiger partial charge in [0.2, 0.25) is 0 Å². The summed E-state index contributed by atoms with van der Waals surface area (Å²) in [5, 5.41) is 19.5. The van der Waals surface area contributed by atoms with Gasteiger partial charge in [0.25, 0.3) is 5.69 Å². The van der Waals surface area contributed by atoms with Gasteiger partial charge in [-0.2, -0.15) is 5.26 Å². The van der Waals surface area contributed by atoms with E-state index in [0.29, 0.717) is 17.1 Å². The van der Waals surface area contributed by atoms with Crippen molar-refractivity contribution in [1.82, 2.24) is 0 Å². The summed E-state index contributed by atoms with van der Waals surface area (Å²) in [5.41, 5.74) is 1.61. The van der Waals surface area contributed by atoms with E-state index in [4.69, 9.17) is 10.00 Å². The van der Waals surface area contributed by atoms with Crippen LogP contribution in [0.5, 0.6) is 5.75 Å². The minimum atomic E-state index is -0.417. The summed E-state index contributed by atoms with van der Waals surface area (Å²) >= 11 is 1.57. The third kappa shape index (κ3) is 3.74. The maximum atomic E-state index is 10.6. The number of ether oxygens (including phenoxy) is 1. The Morgan fingerprint density at radius 2 is 2.00 bits per heavy atom. The first-order valence-corrected chi connectivity index (χ1v) is 7.07. The van der Waals surface area contributed by atoms with E-state index in [9.17, 15) is 10.1 Å². The predicted octanol–water partition coefficient (Wildman–Crippen LogP) is 3.77. The number of nitro groups is 1. The standard InChI is InChI=1S/C15H12N2O3S/c1-20-15-8-11(2-3-12(15)9-16)10-21-14-6-4-13(5-7-14)17(18)19/h2-8H,10H2,1H3. The molecule has 0 fully saturated rings.